The van der Waals surface area contributed by atoms with Crippen LogP contribution in [0.3, 0.4) is 0 Å². The molecule has 2 aliphatic rings. The molecule has 0 radical (unpaired) electrons. The predicted molar refractivity (Wildman–Crippen MR) is 157 cm³/mol. The van der Waals surface area contributed by atoms with E-state index in [2.05, 4.69) is 38.1 Å². The van der Waals surface area contributed by atoms with Crippen LogP contribution in [0, 0.1) is 5.92 Å². The monoisotopic (exact) mass is 556 g/mol. The summed E-state index contributed by atoms with van der Waals surface area (Å²) in [6, 6.07) is 11.9. The Morgan fingerprint density at radius 1 is 1.17 bits per heavy atom. The minimum atomic E-state index is -0.627. The molecule has 1 amide bonds. The van der Waals surface area contributed by atoms with Crippen LogP contribution < -0.4 is 5.32 Å². The number of esters is 1. The fraction of sp³-hybridized carbons (Fsp3) is 0.419. The quantitative estimate of drug-likeness (QED) is 0.249. The van der Waals surface area contributed by atoms with Crippen LogP contribution in [-0.2, 0) is 27.9 Å². The highest BCUT2D eigenvalue weighted by atomic mass is 16.6. The lowest BCUT2D eigenvalue weighted by Gasteiger charge is -2.24. The van der Waals surface area contributed by atoms with Gasteiger partial charge in [-0.15, -0.1) is 0 Å². The molecule has 1 saturated carbocycles. The number of aromatic nitrogens is 4. The van der Waals surface area contributed by atoms with Gasteiger partial charge in [0.2, 0.25) is 0 Å². The van der Waals surface area contributed by atoms with Gasteiger partial charge in [-0.3, -0.25) is 0 Å². The number of nitrogens with one attached hydrogen (secondary N) is 1. The Labute approximate surface area is 238 Å². The fourth-order valence-electron chi connectivity index (χ4n) is 5.45. The summed E-state index contributed by atoms with van der Waals surface area (Å²) in [7, 11) is 2.03. The van der Waals surface area contributed by atoms with Crippen molar-refractivity contribution in [3.8, 4) is 11.5 Å². The highest BCUT2D eigenvalue weighted by Gasteiger charge is 2.39. The number of likely N-dealkylation sites (tertiary alicyclic amines) is 1. The van der Waals surface area contributed by atoms with E-state index in [0.29, 0.717) is 12.5 Å². The van der Waals surface area contributed by atoms with E-state index in [9.17, 15) is 9.59 Å². The number of fused-ring (bicyclic) bond motifs is 2. The molecule has 3 aromatic heterocycles. The first kappa shape index (κ1) is 26.9. The SMILES string of the molecule is C=CC(=O)OC1CN(C(=O)OC(C)(C)C)CC1Nc1ccc2c(c1)nc(-c1cc3cccnc3n1CC1CC1)n2C. The summed E-state index contributed by atoms with van der Waals surface area (Å²) in [6.07, 6.45) is 4.47. The van der Waals surface area contributed by atoms with E-state index in [0.717, 1.165) is 51.9 Å². The molecule has 2 fully saturated rings. The number of benzene rings is 1. The molecule has 1 saturated heterocycles. The number of amides is 1. The molecule has 4 heterocycles. The summed E-state index contributed by atoms with van der Waals surface area (Å²) in [5, 5.41) is 4.58. The van der Waals surface area contributed by atoms with Crippen molar-refractivity contribution >= 4 is 39.8 Å². The largest absolute Gasteiger partial charge is 0.455 e. The van der Waals surface area contributed by atoms with Crippen LogP contribution in [0.15, 0.2) is 55.3 Å². The highest BCUT2D eigenvalue weighted by molar-refractivity contribution is 5.87. The van der Waals surface area contributed by atoms with Gasteiger partial charge in [0.25, 0.3) is 0 Å². The van der Waals surface area contributed by atoms with Crippen LogP contribution in [0.25, 0.3) is 33.6 Å². The summed E-state index contributed by atoms with van der Waals surface area (Å²) in [4.78, 5) is 36.1. The third-order valence-electron chi connectivity index (χ3n) is 7.61. The Bertz CT molecular complexity index is 1640. The van der Waals surface area contributed by atoms with E-state index in [1.54, 1.807) is 4.90 Å². The number of hydrogen-bond donors (Lipinski definition) is 1. The van der Waals surface area contributed by atoms with E-state index >= 15 is 0 Å². The molecule has 1 aromatic carbocycles. The van der Waals surface area contributed by atoms with Crippen LogP contribution in [0.4, 0.5) is 10.5 Å². The Hall–Kier alpha value is -4.34. The van der Waals surface area contributed by atoms with Gasteiger partial charge in [-0.2, -0.15) is 0 Å². The normalized spacial score (nSPS) is 19.1. The zero-order valence-corrected chi connectivity index (χ0v) is 24.0. The summed E-state index contributed by atoms with van der Waals surface area (Å²) < 4.78 is 15.6. The third kappa shape index (κ3) is 5.51. The number of rotatable bonds is 7. The molecule has 2 unspecified atom stereocenters. The van der Waals surface area contributed by atoms with Crippen molar-refractivity contribution in [3.63, 3.8) is 0 Å². The molecule has 1 aliphatic heterocycles. The molecule has 0 spiro atoms. The summed E-state index contributed by atoms with van der Waals surface area (Å²) in [5.41, 5.74) is 4.07. The van der Waals surface area contributed by atoms with E-state index < -0.39 is 23.8 Å². The standard InChI is InChI=1S/C31H36N6O4/c1-6-27(38)40-26-18-36(30(39)41-31(2,3)4)17-23(26)33-21-11-12-24-22(15-21)34-29(35(24)5)25-14-20-8-7-13-32-28(20)37(25)16-19-9-10-19/h6-8,11-15,19,23,26,33H,1,9-10,16-18H2,2-5H3. The van der Waals surface area contributed by atoms with Crippen LogP contribution >= 0.6 is 0 Å². The molecular formula is C31H36N6O4. The Balaban J connectivity index is 1.29. The van der Waals surface area contributed by atoms with Crippen molar-refractivity contribution in [2.45, 2.75) is 57.9 Å². The van der Waals surface area contributed by atoms with Gasteiger partial charge in [-0.05, 0) is 75.9 Å². The number of imidazole rings is 1. The van der Waals surface area contributed by atoms with Crippen molar-refractivity contribution in [1.29, 1.82) is 0 Å². The molecule has 0 bridgehead atoms. The number of carbonyl (C=O) groups is 2. The maximum atomic E-state index is 12.8. The number of hydrogen-bond acceptors (Lipinski definition) is 7. The van der Waals surface area contributed by atoms with Crippen molar-refractivity contribution in [3.05, 3.63) is 55.3 Å². The first-order valence-corrected chi connectivity index (χ1v) is 14.1. The number of nitrogens with zero attached hydrogens (tertiary/aromatic N) is 5. The molecule has 10 nitrogen and oxygen atoms in total. The number of pyridine rings is 1. The minimum Gasteiger partial charge on any atom is -0.455 e. The van der Waals surface area contributed by atoms with Crippen LogP contribution in [0.2, 0.25) is 0 Å². The average Bonchev–Trinajstić information content (AvgIpc) is 3.43. The maximum Gasteiger partial charge on any atom is 0.410 e. The Morgan fingerprint density at radius 3 is 2.71 bits per heavy atom. The molecule has 10 heteroatoms. The smallest absolute Gasteiger partial charge is 0.410 e. The number of ether oxygens (including phenoxy) is 2. The van der Waals surface area contributed by atoms with E-state index in [-0.39, 0.29) is 12.6 Å². The van der Waals surface area contributed by atoms with Gasteiger partial charge in [0, 0.05) is 43.5 Å². The number of carbonyl (C=O) groups excluding carboxylic acids is 2. The topological polar surface area (TPSA) is 104 Å². The summed E-state index contributed by atoms with van der Waals surface area (Å²) in [6.45, 7) is 10.5. The number of aryl methyl sites for hydroxylation is 1. The van der Waals surface area contributed by atoms with Crippen molar-refractivity contribution in [2.75, 3.05) is 18.4 Å². The van der Waals surface area contributed by atoms with Gasteiger partial charge < -0.3 is 28.8 Å². The molecular weight excluding hydrogens is 520 g/mol. The average molecular weight is 557 g/mol. The molecule has 1 aliphatic carbocycles. The van der Waals surface area contributed by atoms with E-state index in [1.165, 1.54) is 12.8 Å². The predicted octanol–water partition coefficient (Wildman–Crippen LogP) is 5.13. The fourth-order valence-corrected chi connectivity index (χ4v) is 5.45. The van der Waals surface area contributed by atoms with E-state index in [4.69, 9.17) is 14.5 Å². The summed E-state index contributed by atoms with van der Waals surface area (Å²) in [5.74, 6) is 1.03. The molecule has 1 N–H and O–H groups in total. The highest BCUT2D eigenvalue weighted by Crippen LogP contribution is 2.36. The molecule has 4 aromatic rings. The van der Waals surface area contributed by atoms with Gasteiger partial charge in [0.15, 0.2) is 5.82 Å². The van der Waals surface area contributed by atoms with Crippen molar-refractivity contribution in [2.24, 2.45) is 13.0 Å². The molecule has 214 valence electrons. The zero-order valence-electron chi connectivity index (χ0n) is 24.0. The van der Waals surface area contributed by atoms with E-state index in [1.807, 2.05) is 58.3 Å². The first-order chi connectivity index (χ1) is 19.6. The van der Waals surface area contributed by atoms with Crippen molar-refractivity contribution in [1.82, 2.24) is 24.0 Å². The lowest BCUT2D eigenvalue weighted by Crippen LogP contribution is -2.36. The second-order valence-electron chi connectivity index (χ2n) is 12.0. The summed E-state index contributed by atoms with van der Waals surface area (Å²) >= 11 is 0. The van der Waals surface area contributed by atoms with Crippen molar-refractivity contribution < 1.29 is 19.1 Å². The third-order valence-corrected chi connectivity index (χ3v) is 7.61. The molecule has 41 heavy (non-hydrogen) atoms. The molecule has 2 atom stereocenters. The number of anilines is 1. The van der Waals surface area contributed by atoms with Crippen LogP contribution in [0.5, 0.6) is 0 Å². The Kier molecular flexibility index (Phi) is 6.71. The zero-order chi connectivity index (χ0) is 28.9. The minimum absolute atomic E-state index is 0.224. The lowest BCUT2D eigenvalue weighted by molar-refractivity contribution is -0.142. The molecule has 6 rings (SSSR count). The second-order valence-corrected chi connectivity index (χ2v) is 12.0. The van der Waals surface area contributed by atoms with Gasteiger partial charge >= 0.3 is 12.1 Å². The van der Waals surface area contributed by atoms with Crippen LogP contribution in [-0.4, -0.2) is 66.9 Å². The maximum absolute atomic E-state index is 12.8. The van der Waals surface area contributed by atoms with Gasteiger partial charge in [0.05, 0.1) is 29.3 Å². The lowest BCUT2D eigenvalue weighted by atomic mass is 10.2. The van der Waals surface area contributed by atoms with Gasteiger partial charge in [0.1, 0.15) is 17.4 Å². The van der Waals surface area contributed by atoms with Crippen LogP contribution in [0.1, 0.15) is 33.6 Å². The Morgan fingerprint density at radius 2 is 1.98 bits per heavy atom. The van der Waals surface area contributed by atoms with Gasteiger partial charge in [-0.25, -0.2) is 19.6 Å². The first-order valence-electron chi connectivity index (χ1n) is 14.1. The van der Waals surface area contributed by atoms with Gasteiger partial charge in [-0.1, -0.05) is 6.58 Å². The second kappa shape index (κ2) is 10.2.